The monoisotopic (exact) mass is 344 g/mol. The summed E-state index contributed by atoms with van der Waals surface area (Å²) >= 11 is 0. The molecule has 2 aromatic rings. The highest BCUT2D eigenvalue weighted by Gasteiger charge is 2.48. The number of halogens is 4. The lowest BCUT2D eigenvalue weighted by atomic mass is 9.86. The quantitative estimate of drug-likeness (QED) is 0.669. The Hall–Kier alpha value is -1.66. The zero-order valence-electron chi connectivity index (χ0n) is 12.2. The predicted molar refractivity (Wildman–Crippen MR) is 82.2 cm³/mol. The van der Waals surface area contributed by atoms with Gasteiger partial charge in [0.2, 0.25) is 0 Å². The van der Waals surface area contributed by atoms with Crippen LogP contribution in [0.15, 0.2) is 42.6 Å². The van der Waals surface area contributed by atoms with Crippen LogP contribution in [0.3, 0.4) is 0 Å². The van der Waals surface area contributed by atoms with Gasteiger partial charge in [0.25, 0.3) is 0 Å². The minimum absolute atomic E-state index is 0. The lowest BCUT2D eigenvalue weighted by Crippen LogP contribution is -2.52. The first kappa shape index (κ1) is 16.2. The molecule has 1 fully saturated rings. The molecule has 0 atom stereocenters. The average molecular weight is 345 g/mol. The highest BCUT2D eigenvalue weighted by molar-refractivity contribution is 5.85. The van der Waals surface area contributed by atoms with Crippen molar-refractivity contribution >= 4 is 12.4 Å². The Kier molecular flexibility index (Phi) is 3.84. The molecule has 0 N–H and O–H groups in total. The van der Waals surface area contributed by atoms with Crippen LogP contribution in [0, 0.1) is 0 Å². The lowest BCUT2D eigenvalue weighted by molar-refractivity contribution is -0.258. The van der Waals surface area contributed by atoms with Gasteiger partial charge < -0.3 is 9.30 Å². The van der Waals surface area contributed by atoms with Gasteiger partial charge in [-0.05, 0) is 24.3 Å². The van der Waals surface area contributed by atoms with Crippen molar-refractivity contribution in [2.75, 3.05) is 13.1 Å². The molecular formula is C16H16ClF3N2O. The van der Waals surface area contributed by atoms with Crippen molar-refractivity contribution in [2.24, 2.45) is 0 Å². The first-order valence-corrected chi connectivity index (χ1v) is 7.28. The molecule has 124 valence electrons. The molecule has 0 saturated carbocycles. The van der Waals surface area contributed by atoms with E-state index in [1.165, 1.54) is 0 Å². The van der Waals surface area contributed by atoms with E-state index in [-0.39, 0.29) is 25.5 Å². The topological polar surface area (TPSA) is 17.4 Å². The van der Waals surface area contributed by atoms with Crippen LogP contribution in [-0.4, -0.2) is 28.9 Å². The Morgan fingerprint density at radius 3 is 2.39 bits per heavy atom. The normalized spacial score (nSPS) is 19.4. The minimum Gasteiger partial charge on any atom is -0.479 e. The molecule has 2 aliphatic rings. The predicted octanol–water partition coefficient (Wildman–Crippen LogP) is 4.10. The summed E-state index contributed by atoms with van der Waals surface area (Å²) in [5.74, 6) is 0.728. The molecule has 23 heavy (non-hydrogen) atoms. The van der Waals surface area contributed by atoms with Crippen molar-refractivity contribution in [2.45, 2.75) is 24.7 Å². The van der Waals surface area contributed by atoms with Crippen LogP contribution < -0.4 is 4.74 Å². The summed E-state index contributed by atoms with van der Waals surface area (Å²) in [6, 6.07) is 11.5. The third-order valence-corrected chi connectivity index (χ3v) is 4.58. The van der Waals surface area contributed by atoms with E-state index in [9.17, 15) is 13.2 Å². The fourth-order valence-corrected chi connectivity index (χ4v) is 3.45. The average Bonchev–Trinajstić information content (AvgIpc) is 2.98. The smallest absolute Gasteiger partial charge is 0.459 e. The number of fused-ring (bicyclic) bond motifs is 4. The Bertz CT molecular complexity index is 705. The number of ether oxygens (including phenoxy) is 1. The van der Waals surface area contributed by atoms with Crippen molar-refractivity contribution in [1.82, 2.24) is 9.47 Å². The summed E-state index contributed by atoms with van der Waals surface area (Å²) in [5, 5.41) is 0. The number of hydrogen-bond acceptors (Lipinski definition) is 2. The van der Waals surface area contributed by atoms with Crippen LogP contribution >= 0.6 is 12.4 Å². The molecule has 1 spiro atoms. The van der Waals surface area contributed by atoms with Crippen molar-refractivity contribution in [3.05, 3.63) is 48.3 Å². The molecule has 0 bridgehead atoms. The van der Waals surface area contributed by atoms with E-state index >= 15 is 0 Å². The number of para-hydroxylation sites is 2. The van der Waals surface area contributed by atoms with E-state index in [0.29, 0.717) is 17.7 Å². The molecule has 3 nitrogen and oxygen atoms in total. The molecule has 1 saturated heterocycles. The zero-order valence-corrected chi connectivity index (χ0v) is 13.0. The molecule has 0 unspecified atom stereocenters. The van der Waals surface area contributed by atoms with Crippen LogP contribution in [0.2, 0.25) is 0 Å². The molecule has 3 heterocycles. The lowest BCUT2D eigenvalue weighted by Gasteiger charge is -2.45. The molecule has 7 heteroatoms. The Labute approximate surface area is 138 Å². The zero-order chi connectivity index (χ0) is 15.4. The molecule has 4 rings (SSSR count). The van der Waals surface area contributed by atoms with Gasteiger partial charge in [0.15, 0.2) is 5.60 Å². The van der Waals surface area contributed by atoms with E-state index in [1.807, 2.05) is 47.2 Å². The van der Waals surface area contributed by atoms with Gasteiger partial charge in [-0.15, -0.1) is 12.4 Å². The number of likely N-dealkylation sites (tertiary alicyclic amines) is 1. The van der Waals surface area contributed by atoms with Crippen molar-refractivity contribution < 1.29 is 17.9 Å². The summed E-state index contributed by atoms with van der Waals surface area (Å²) in [6.07, 6.45) is -1.68. The number of alkyl halides is 3. The molecule has 2 aliphatic heterocycles. The summed E-state index contributed by atoms with van der Waals surface area (Å²) in [7, 11) is 0. The van der Waals surface area contributed by atoms with Gasteiger partial charge in [-0.2, -0.15) is 13.2 Å². The summed E-state index contributed by atoms with van der Waals surface area (Å²) in [5.41, 5.74) is 1.21. The van der Waals surface area contributed by atoms with Crippen LogP contribution in [-0.2, 0) is 5.60 Å². The Morgan fingerprint density at radius 2 is 1.70 bits per heavy atom. The maximum Gasteiger partial charge on any atom is 0.459 e. The van der Waals surface area contributed by atoms with E-state index < -0.39 is 11.9 Å². The van der Waals surface area contributed by atoms with Gasteiger partial charge >= 0.3 is 6.30 Å². The number of nitrogens with zero attached hydrogens (tertiary/aromatic N) is 2. The van der Waals surface area contributed by atoms with E-state index in [2.05, 4.69) is 0 Å². The minimum atomic E-state index is -4.27. The van der Waals surface area contributed by atoms with Gasteiger partial charge in [-0.25, -0.2) is 4.90 Å². The molecule has 1 aromatic carbocycles. The van der Waals surface area contributed by atoms with Gasteiger partial charge in [0, 0.05) is 32.1 Å². The third kappa shape index (κ3) is 2.50. The van der Waals surface area contributed by atoms with Crippen LogP contribution in [0.5, 0.6) is 5.75 Å². The van der Waals surface area contributed by atoms with E-state index in [0.717, 1.165) is 17.1 Å². The maximum atomic E-state index is 12.9. The van der Waals surface area contributed by atoms with Crippen molar-refractivity contribution in [3.63, 3.8) is 0 Å². The van der Waals surface area contributed by atoms with Gasteiger partial charge in [0.05, 0.1) is 11.4 Å². The SMILES string of the molecule is Cl.FC(F)(F)N1CCC2(CC1)Oc1ccccc1-n1cccc12. The van der Waals surface area contributed by atoms with Gasteiger partial charge in [-0.3, -0.25) is 0 Å². The van der Waals surface area contributed by atoms with Crippen LogP contribution in [0.25, 0.3) is 5.69 Å². The first-order valence-electron chi connectivity index (χ1n) is 7.28. The summed E-state index contributed by atoms with van der Waals surface area (Å²) in [4.78, 5) is 0.565. The van der Waals surface area contributed by atoms with E-state index in [4.69, 9.17) is 4.74 Å². The number of hydrogen-bond donors (Lipinski definition) is 0. The largest absolute Gasteiger partial charge is 0.479 e. The number of piperidine rings is 1. The number of aromatic nitrogens is 1. The number of benzene rings is 1. The van der Waals surface area contributed by atoms with Crippen LogP contribution in [0.4, 0.5) is 13.2 Å². The second kappa shape index (κ2) is 5.46. The molecule has 0 amide bonds. The maximum absolute atomic E-state index is 12.9. The first-order chi connectivity index (χ1) is 10.5. The van der Waals surface area contributed by atoms with Crippen molar-refractivity contribution in [1.29, 1.82) is 0 Å². The van der Waals surface area contributed by atoms with Gasteiger partial charge in [0.1, 0.15) is 5.75 Å². The fourth-order valence-electron chi connectivity index (χ4n) is 3.45. The number of rotatable bonds is 0. The Morgan fingerprint density at radius 1 is 1.00 bits per heavy atom. The standard InChI is InChI=1S/C16H15F3N2O.ClH/c17-16(18,19)20-10-7-15(8-11-20)14-6-3-9-21(14)12-4-1-2-5-13(12)22-15;/h1-6,9H,7-8,10-11H2;1H. The summed E-state index contributed by atoms with van der Waals surface area (Å²) < 4.78 is 46.8. The summed E-state index contributed by atoms with van der Waals surface area (Å²) in [6.45, 7) is -0.0896. The molecule has 0 aliphatic carbocycles. The van der Waals surface area contributed by atoms with E-state index in [1.54, 1.807) is 0 Å². The molecule has 1 aromatic heterocycles. The van der Waals surface area contributed by atoms with Crippen LogP contribution in [0.1, 0.15) is 18.5 Å². The second-order valence-corrected chi connectivity index (χ2v) is 5.78. The third-order valence-electron chi connectivity index (χ3n) is 4.58. The van der Waals surface area contributed by atoms with Crippen molar-refractivity contribution in [3.8, 4) is 11.4 Å². The molecule has 0 radical (unpaired) electrons. The second-order valence-electron chi connectivity index (χ2n) is 5.78. The highest BCUT2D eigenvalue weighted by Crippen LogP contribution is 2.45. The molecular weight excluding hydrogens is 329 g/mol. The fraction of sp³-hybridized carbons (Fsp3) is 0.375. The highest BCUT2D eigenvalue weighted by atomic mass is 35.5. The Balaban J connectivity index is 0.00000156. The van der Waals surface area contributed by atoms with Gasteiger partial charge in [-0.1, -0.05) is 12.1 Å².